The minimum atomic E-state index is -0.504. The number of hydrogen-bond acceptors (Lipinski definition) is 4. The van der Waals surface area contributed by atoms with Crippen LogP contribution < -0.4 is 10.6 Å². The topological polar surface area (TPSA) is 72.4 Å². The van der Waals surface area contributed by atoms with Gasteiger partial charge in [0.2, 0.25) is 0 Å². The number of hydrogen-bond donors (Lipinski definition) is 1. The lowest BCUT2D eigenvalue weighted by Crippen LogP contribution is -2.46. The van der Waals surface area contributed by atoms with Gasteiger partial charge in [-0.2, -0.15) is 0 Å². The quantitative estimate of drug-likeness (QED) is 0.673. The van der Waals surface area contributed by atoms with Crippen LogP contribution in [0, 0.1) is 16.0 Å². The first-order valence-electron chi connectivity index (χ1n) is 6.04. The van der Waals surface area contributed by atoms with E-state index in [4.69, 9.17) is 28.9 Å². The Bertz CT molecular complexity index is 487. The highest BCUT2D eigenvalue weighted by molar-refractivity contribution is 6.39. The molecule has 0 spiro atoms. The van der Waals surface area contributed by atoms with E-state index in [1.165, 1.54) is 12.1 Å². The molecule has 1 aromatic rings. The van der Waals surface area contributed by atoms with E-state index in [1.807, 2.05) is 4.90 Å². The van der Waals surface area contributed by atoms with Crippen LogP contribution in [-0.2, 0) is 0 Å². The summed E-state index contributed by atoms with van der Waals surface area (Å²) in [6, 6.07) is 2.84. The van der Waals surface area contributed by atoms with E-state index in [-0.39, 0.29) is 11.7 Å². The van der Waals surface area contributed by atoms with Gasteiger partial charge in [0.15, 0.2) is 0 Å². The fraction of sp³-hybridized carbons (Fsp3) is 0.500. The lowest BCUT2D eigenvalue weighted by molar-refractivity contribution is -0.384. The van der Waals surface area contributed by atoms with Crippen molar-refractivity contribution in [3.05, 3.63) is 32.3 Å². The molecule has 1 heterocycles. The van der Waals surface area contributed by atoms with E-state index < -0.39 is 4.92 Å². The summed E-state index contributed by atoms with van der Waals surface area (Å²) >= 11 is 12.3. The molecule has 2 N–H and O–H groups in total. The second kappa shape index (κ2) is 5.53. The highest BCUT2D eigenvalue weighted by Crippen LogP contribution is 2.38. The van der Waals surface area contributed by atoms with Crippen molar-refractivity contribution < 1.29 is 4.92 Å². The summed E-state index contributed by atoms with van der Waals surface area (Å²) in [5.41, 5.74) is 6.54. The zero-order chi connectivity index (χ0) is 14.2. The zero-order valence-electron chi connectivity index (χ0n) is 10.5. The molecule has 1 aromatic carbocycles. The van der Waals surface area contributed by atoms with Crippen LogP contribution in [-0.4, -0.2) is 24.1 Å². The molecule has 1 aliphatic heterocycles. The summed E-state index contributed by atoms with van der Waals surface area (Å²) in [6.45, 7) is 3.57. The van der Waals surface area contributed by atoms with E-state index in [1.54, 1.807) is 0 Å². The van der Waals surface area contributed by atoms with Gasteiger partial charge in [0.05, 0.1) is 20.7 Å². The lowest BCUT2D eigenvalue weighted by Gasteiger charge is -2.37. The molecule has 0 aromatic heterocycles. The molecule has 2 atom stereocenters. The Morgan fingerprint density at radius 3 is 2.47 bits per heavy atom. The van der Waals surface area contributed by atoms with Crippen molar-refractivity contribution in [1.29, 1.82) is 0 Å². The van der Waals surface area contributed by atoms with Crippen LogP contribution in [0.2, 0.25) is 10.0 Å². The molecule has 19 heavy (non-hydrogen) atoms. The molecule has 1 fully saturated rings. The van der Waals surface area contributed by atoms with Crippen LogP contribution in [0.25, 0.3) is 0 Å². The van der Waals surface area contributed by atoms with E-state index in [0.29, 0.717) is 21.7 Å². The van der Waals surface area contributed by atoms with Crippen LogP contribution in [0.3, 0.4) is 0 Å². The number of nitrogens with zero attached hydrogens (tertiary/aromatic N) is 2. The van der Waals surface area contributed by atoms with Crippen molar-refractivity contribution in [1.82, 2.24) is 0 Å². The molecule has 2 unspecified atom stereocenters. The largest absolute Gasteiger partial charge is 0.369 e. The first kappa shape index (κ1) is 14.4. The van der Waals surface area contributed by atoms with Gasteiger partial charge in [-0.15, -0.1) is 0 Å². The summed E-state index contributed by atoms with van der Waals surface area (Å²) in [5.74, 6) is 0.330. The molecule has 0 amide bonds. The molecule has 0 radical (unpaired) electrons. The number of halogens is 2. The number of nitro groups is 1. The highest BCUT2D eigenvalue weighted by atomic mass is 35.5. The van der Waals surface area contributed by atoms with Crippen molar-refractivity contribution in [2.45, 2.75) is 19.4 Å². The van der Waals surface area contributed by atoms with Gasteiger partial charge in [-0.1, -0.05) is 30.1 Å². The molecular weight excluding hydrogens is 289 g/mol. The van der Waals surface area contributed by atoms with Crippen LogP contribution in [0.4, 0.5) is 11.4 Å². The third-order valence-electron chi connectivity index (χ3n) is 3.50. The van der Waals surface area contributed by atoms with Crippen LogP contribution >= 0.6 is 23.2 Å². The van der Waals surface area contributed by atoms with Crippen molar-refractivity contribution in [3.63, 3.8) is 0 Å². The van der Waals surface area contributed by atoms with Crippen molar-refractivity contribution >= 4 is 34.6 Å². The zero-order valence-corrected chi connectivity index (χ0v) is 12.0. The molecule has 5 nitrogen and oxygen atoms in total. The average molecular weight is 304 g/mol. The molecule has 1 aliphatic rings. The second-order valence-corrected chi connectivity index (χ2v) is 5.71. The van der Waals surface area contributed by atoms with Gasteiger partial charge in [0.1, 0.15) is 0 Å². The molecule has 7 heteroatoms. The number of non-ortho nitro benzene ring substituents is 1. The molecule has 0 bridgehead atoms. The Balaban J connectivity index is 2.33. The maximum Gasteiger partial charge on any atom is 0.272 e. The van der Waals surface area contributed by atoms with Gasteiger partial charge < -0.3 is 10.6 Å². The predicted octanol–water partition coefficient (Wildman–Crippen LogP) is 3.08. The highest BCUT2D eigenvalue weighted by Gasteiger charge is 2.27. The fourth-order valence-electron chi connectivity index (χ4n) is 2.33. The van der Waals surface area contributed by atoms with Crippen molar-refractivity contribution in [3.8, 4) is 0 Å². The SMILES string of the molecule is CC1CN(c2c(Cl)cc([N+](=O)[O-])cc2Cl)CCC1N. The monoisotopic (exact) mass is 303 g/mol. The number of nitro benzene ring substituents is 1. The Kier molecular flexibility index (Phi) is 4.18. The Morgan fingerprint density at radius 1 is 1.42 bits per heavy atom. The summed E-state index contributed by atoms with van der Waals surface area (Å²) in [5, 5.41) is 11.4. The number of piperidine rings is 1. The molecular formula is C12H15Cl2N3O2. The Hall–Kier alpha value is -1.04. The van der Waals surface area contributed by atoms with Crippen molar-refractivity contribution in [2.75, 3.05) is 18.0 Å². The maximum atomic E-state index is 10.7. The van der Waals surface area contributed by atoms with Gasteiger partial charge in [-0.05, 0) is 12.3 Å². The normalized spacial score (nSPS) is 23.5. The number of benzene rings is 1. The van der Waals surface area contributed by atoms with Crippen molar-refractivity contribution in [2.24, 2.45) is 11.7 Å². The smallest absolute Gasteiger partial charge is 0.272 e. The van der Waals surface area contributed by atoms with Crippen LogP contribution in [0.1, 0.15) is 13.3 Å². The fourth-order valence-corrected chi connectivity index (χ4v) is 3.04. The summed E-state index contributed by atoms with van der Waals surface area (Å²) in [6.07, 6.45) is 0.852. The maximum absolute atomic E-state index is 10.7. The van der Waals surface area contributed by atoms with Crippen LogP contribution in [0.15, 0.2) is 12.1 Å². The van der Waals surface area contributed by atoms with Gasteiger partial charge in [-0.25, -0.2) is 0 Å². The third kappa shape index (κ3) is 2.94. The summed E-state index contributed by atoms with van der Waals surface area (Å²) in [4.78, 5) is 12.3. The van der Waals surface area contributed by atoms with Gasteiger partial charge >= 0.3 is 0 Å². The molecule has 0 saturated carbocycles. The first-order chi connectivity index (χ1) is 8.90. The van der Waals surface area contributed by atoms with Gasteiger partial charge in [0, 0.05) is 31.3 Å². The predicted molar refractivity (Wildman–Crippen MR) is 77.1 cm³/mol. The van der Waals surface area contributed by atoms with E-state index in [9.17, 15) is 10.1 Å². The number of nitrogens with two attached hydrogens (primary N) is 1. The summed E-state index contributed by atoms with van der Waals surface area (Å²) in [7, 11) is 0. The van der Waals surface area contributed by atoms with E-state index >= 15 is 0 Å². The number of anilines is 1. The molecule has 0 aliphatic carbocycles. The molecule has 2 rings (SSSR count). The number of rotatable bonds is 2. The first-order valence-corrected chi connectivity index (χ1v) is 6.79. The Labute approximate surface area is 121 Å². The third-order valence-corrected chi connectivity index (χ3v) is 4.08. The van der Waals surface area contributed by atoms with Crippen LogP contribution in [0.5, 0.6) is 0 Å². The Morgan fingerprint density at radius 2 is 2.00 bits per heavy atom. The van der Waals surface area contributed by atoms with E-state index in [0.717, 1.165) is 19.5 Å². The lowest BCUT2D eigenvalue weighted by atomic mass is 9.94. The molecule has 104 valence electrons. The van der Waals surface area contributed by atoms with E-state index in [2.05, 4.69) is 6.92 Å². The molecule has 1 saturated heterocycles. The average Bonchev–Trinajstić information content (AvgIpc) is 2.32. The van der Waals surface area contributed by atoms with Gasteiger partial charge in [-0.3, -0.25) is 10.1 Å². The summed E-state index contributed by atoms with van der Waals surface area (Å²) < 4.78 is 0. The second-order valence-electron chi connectivity index (χ2n) is 4.89. The standard InChI is InChI=1S/C12H15Cl2N3O2/c1-7-6-16(3-2-11(7)15)12-9(13)4-8(17(18)19)5-10(12)14/h4-5,7,11H,2-3,6,15H2,1H3. The minimum Gasteiger partial charge on any atom is -0.369 e. The minimum absolute atomic E-state index is 0.0968. The van der Waals surface area contributed by atoms with Gasteiger partial charge in [0.25, 0.3) is 5.69 Å².